The van der Waals surface area contributed by atoms with Crippen molar-refractivity contribution in [2.45, 2.75) is 19.4 Å². The van der Waals surface area contributed by atoms with Crippen LogP contribution in [-0.4, -0.2) is 36.8 Å². The molecular formula is C14H17BrN2O2S. The van der Waals surface area contributed by atoms with Crippen LogP contribution in [0.3, 0.4) is 0 Å². The molecule has 0 fully saturated rings. The summed E-state index contributed by atoms with van der Waals surface area (Å²) in [5.74, 6) is 0.0101. The zero-order valence-corrected chi connectivity index (χ0v) is 14.1. The molecule has 0 radical (unpaired) electrons. The van der Waals surface area contributed by atoms with Crippen LogP contribution in [0.25, 0.3) is 0 Å². The molecule has 6 heteroatoms. The number of anilines is 2. The predicted octanol–water partition coefficient (Wildman–Crippen LogP) is 3.16. The topological polar surface area (TPSA) is 49.4 Å². The van der Waals surface area contributed by atoms with E-state index in [1.807, 2.05) is 24.9 Å². The first-order valence-electron chi connectivity index (χ1n) is 6.40. The summed E-state index contributed by atoms with van der Waals surface area (Å²) in [7, 11) is 2.04. The zero-order chi connectivity index (χ0) is 14.9. The van der Waals surface area contributed by atoms with Crippen molar-refractivity contribution >= 4 is 50.8 Å². The molecule has 2 rings (SSSR count). The molecule has 0 aliphatic carbocycles. The van der Waals surface area contributed by atoms with Gasteiger partial charge in [0.1, 0.15) is 0 Å². The molecule has 1 aromatic carbocycles. The maximum absolute atomic E-state index is 11.7. The Balaban J connectivity index is 2.37. The van der Waals surface area contributed by atoms with Gasteiger partial charge in [-0.25, -0.2) is 0 Å². The highest BCUT2D eigenvalue weighted by Crippen LogP contribution is 2.36. The maximum atomic E-state index is 11.7. The van der Waals surface area contributed by atoms with Crippen molar-refractivity contribution in [3.63, 3.8) is 0 Å². The Morgan fingerprint density at radius 2 is 2.10 bits per heavy atom. The number of hydrogen-bond acceptors (Lipinski definition) is 4. The van der Waals surface area contributed by atoms with Gasteiger partial charge in [0.15, 0.2) is 0 Å². The van der Waals surface area contributed by atoms with Crippen LogP contribution in [-0.2, 0) is 4.79 Å². The fourth-order valence-electron chi connectivity index (χ4n) is 2.32. The molecule has 1 amide bonds. The summed E-state index contributed by atoms with van der Waals surface area (Å²) >= 11 is 5.32. The zero-order valence-electron chi connectivity index (χ0n) is 11.7. The van der Waals surface area contributed by atoms with Gasteiger partial charge in [-0.05, 0) is 40.7 Å². The third-order valence-electron chi connectivity index (χ3n) is 3.54. The highest BCUT2D eigenvalue weighted by Gasteiger charge is 2.30. The number of halogens is 1. The van der Waals surface area contributed by atoms with Crippen molar-refractivity contribution in [1.29, 1.82) is 0 Å². The molecule has 0 saturated carbocycles. The van der Waals surface area contributed by atoms with Crippen molar-refractivity contribution in [2.24, 2.45) is 0 Å². The van der Waals surface area contributed by atoms with Crippen LogP contribution in [0.5, 0.6) is 0 Å². The Labute approximate surface area is 131 Å². The molecule has 0 aromatic heterocycles. The lowest BCUT2D eigenvalue weighted by atomic mass is 10.1. The number of fused-ring (bicyclic) bond motifs is 1. The lowest BCUT2D eigenvalue weighted by Crippen LogP contribution is -2.33. The first-order chi connectivity index (χ1) is 9.49. The minimum absolute atomic E-state index is 0.409. The van der Waals surface area contributed by atoms with Gasteiger partial charge in [0, 0.05) is 23.3 Å². The molecule has 0 bridgehead atoms. The first kappa shape index (κ1) is 15.4. The highest BCUT2D eigenvalue weighted by molar-refractivity contribution is 9.10. The monoisotopic (exact) mass is 356 g/mol. The van der Waals surface area contributed by atoms with E-state index in [-0.39, 0.29) is 0 Å². The number of benzene rings is 1. The number of carbonyl (C=O) groups excluding carboxylic acids is 2. The minimum atomic E-state index is -0.553. The van der Waals surface area contributed by atoms with Crippen molar-refractivity contribution in [3.05, 3.63) is 22.2 Å². The van der Waals surface area contributed by atoms with Crippen LogP contribution in [0, 0.1) is 0 Å². The van der Waals surface area contributed by atoms with Gasteiger partial charge in [0.05, 0.1) is 16.9 Å². The minimum Gasteiger partial charge on any atom is -0.370 e. The summed E-state index contributed by atoms with van der Waals surface area (Å²) in [6.45, 7) is 2.16. The van der Waals surface area contributed by atoms with E-state index in [4.69, 9.17) is 0 Å². The fourth-order valence-corrected chi connectivity index (χ4v) is 3.78. The second kappa shape index (κ2) is 6.18. The van der Waals surface area contributed by atoms with Crippen LogP contribution >= 0.6 is 27.7 Å². The lowest BCUT2D eigenvalue weighted by Gasteiger charge is -2.30. The van der Waals surface area contributed by atoms with Gasteiger partial charge in [-0.3, -0.25) is 9.59 Å². The molecule has 1 aliphatic heterocycles. The lowest BCUT2D eigenvalue weighted by molar-refractivity contribution is -0.112. The number of nitrogens with zero attached hydrogens (tertiary/aromatic N) is 1. The van der Waals surface area contributed by atoms with Crippen molar-refractivity contribution in [2.75, 3.05) is 29.3 Å². The Kier molecular flexibility index (Phi) is 4.75. The van der Waals surface area contributed by atoms with Gasteiger partial charge in [-0.1, -0.05) is 6.92 Å². The second-order valence-electron chi connectivity index (χ2n) is 4.76. The summed E-state index contributed by atoms with van der Waals surface area (Å²) in [6.07, 6.45) is 3.12. The molecule has 1 aromatic rings. The van der Waals surface area contributed by atoms with E-state index in [1.54, 1.807) is 6.07 Å². The van der Waals surface area contributed by atoms with Gasteiger partial charge >= 0.3 is 0 Å². The molecule has 1 aliphatic rings. The fraction of sp³-hybridized carbons (Fsp3) is 0.429. The number of nitrogens with one attached hydrogen (secondary N) is 1. The SMILES string of the molecule is CCC(CSC)N(C)c1cc2c(cc1Br)C(=O)C(=O)N2. The first-order valence-corrected chi connectivity index (χ1v) is 8.59. The van der Waals surface area contributed by atoms with Crippen LogP contribution < -0.4 is 10.2 Å². The van der Waals surface area contributed by atoms with Crippen LogP contribution in [0.15, 0.2) is 16.6 Å². The summed E-state index contributed by atoms with van der Waals surface area (Å²) in [5.41, 5.74) is 2.03. The van der Waals surface area contributed by atoms with E-state index in [0.717, 1.165) is 22.3 Å². The number of thioether (sulfide) groups is 1. The summed E-state index contributed by atoms with van der Waals surface area (Å²) < 4.78 is 0.836. The number of Topliss-reactive ketones (excluding diaryl/α,β-unsaturated/α-hetero) is 1. The third kappa shape index (κ3) is 2.72. The van der Waals surface area contributed by atoms with Gasteiger partial charge in [-0.2, -0.15) is 11.8 Å². The van der Waals surface area contributed by atoms with Crippen molar-refractivity contribution in [3.8, 4) is 0 Å². The van der Waals surface area contributed by atoms with Crippen LogP contribution in [0.2, 0.25) is 0 Å². The van der Waals surface area contributed by atoms with Crippen molar-refractivity contribution in [1.82, 2.24) is 0 Å². The summed E-state index contributed by atoms with van der Waals surface area (Å²) in [6, 6.07) is 4.01. The molecule has 1 heterocycles. The summed E-state index contributed by atoms with van der Waals surface area (Å²) in [5, 5.41) is 2.62. The molecule has 1 N–H and O–H groups in total. The molecule has 108 valence electrons. The molecule has 0 saturated heterocycles. The van der Waals surface area contributed by atoms with Crippen LogP contribution in [0.4, 0.5) is 11.4 Å². The Morgan fingerprint density at radius 3 is 2.70 bits per heavy atom. The number of rotatable bonds is 5. The average Bonchev–Trinajstić information content (AvgIpc) is 2.70. The van der Waals surface area contributed by atoms with E-state index < -0.39 is 11.7 Å². The van der Waals surface area contributed by atoms with E-state index in [2.05, 4.69) is 39.3 Å². The maximum Gasteiger partial charge on any atom is 0.296 e. The van der Waals surface area contributed by atoms with E-state index in [1.165, 1.54) is 0 Å². The molecule has 0 spiro atoms. The third-order valence-corrected chi connectivity index (χ3v) is 4.90. The van der Waals surface area contributed by atoms with E-state index in [0.29, 0.717) is 17.3 Å². The smallest absolute Gasteiger partial charge is 0.296 e. The van der Waals surface area contributed by atoms with E-state index in [9.17, 15) is 9.59 Å². The Bertz CT molecular complexity index is 562. The largest absolute Gasteiger partial charge is 0.370 e. The highest BCUT2D eigenvalue weighted by atomic mass is 79.9. The van der Waals surface area contributed by atoms with Gasteiger partial charge in [0.2, 0.25) is 0 Å². The van der Waals surface area contributed by atoms with Gasteiger partial charge in [-0.15, -0.1) is 0 Å². The summed E-state index contributed by atoms with van der Waals surface area (Å²) in [4.78, 5) is 25.3. The number of ketones is 1. The standard InChI is InChI=1S/C14H17BrN2O2S/c1-4-8(7-20-3)17(2)12-6-11-9(5-10(12)15)13(18)14(19)16-11/h5-6,8H,4,7H2,1-3H3,(H,16,18,19). The van der Waals surface area contributed by atoms with Crippen molar-refractivity contribution < 1.29 is 9.59 Å². The molecule has 20 heavy (non-hydrogen) atoms. The van der Waals surface area contributed by atoms with Gasteiger partial charge in [0.25, 0.3) is 11.7 Å². The predicted molar refractivity (Wildman–Crippen MR) is 88.0 cm³/mol. The Morgan fingerprint density at radius 1 is 1.40 bits per heavy atom. The normalized spacial score (nSPS) is 15.0. The molecule has 4 nitrogen and oxygen atoms in total. The molecule has 1 atom stereocenters. The number of hydrogen-bond donors (Lipinski definition) is 1. The van der Waals surface area contributed by atoms with E-state index >= 15 is 0 Å². The molecular weight excluding hydrogens is 340 g/mol. The van der Waals surface area contributed by atoms with Gasteiger partial charge < -0.3 is 10.2 Å². The van der Waals surface area contributed by atoms with Crippen LogP contribution in [0.1, 0.15) is 23.7 Å². The quantitative estimate of drug-likeness (QED) is 0.823. The second-order valence-corrected chi connectivity index (χ2v) is 6.53. The molecule has 1 unspecified atom stereocenters. The Hall–Kier alpha value is -1.01. The average molecular weight is 357 g/mol. The number of carbonyl (C=O) groups is 2. The number of amides is 1.